The van der Waals surface area contributed by atoms with E-state index >= 15 is 0 Å². The first kappa shape index (κ1) is 37.7. The maximum Gasteiger partial charge on any atom is 0.0774 e. The van der Waals surface area contributed by atoms with Crippen LogP contribution in [0.4, 0.5) is 0 Å². The van der Waals surface area contributed by atoms with E-state index in [1.165, 1.54) is 49.0 Å². The quantitative estimate of drug-likeness (QED) is 0.149. The Morgan fingerprint density at radius 1 is 0.614 bits per heavy atom. The number of nitrogens with zero attached hydrogens (tertiary/aromatic N) is 3. The van der Waals surface area contributed by atoms with Crippen LogP contribution in [0, 0.1) is 18.4 Å². The van der Waals surface area contributed by atoms with E-state index in [0.29, 0.717) is 0 Å². The SMILES string of the molecule is Cc1cc(-c2ccccc2)c(-n2c(-c3[c-]sc4cc(Cc5ccccc5)ccc34)nc3ccccc32)c(-c2ccccc2)c1.[Ir].[c-]1ccccc1-c1ccccn1. The molecule has 0 aliphatic carbocycles. The molecule has 0 aliphatic heterocycles. The Morgan fingerprint density at radius 2 is 1.26 bits per heavy atom. The van der Waals surface area contributed by atoms with Gasteiger partial charge in [-0.25, -0.2) is 0 Å². The van der Waals surface area contributed by atoms with E-state index in [9.17, 15) is 0 Å². The molecule has 0 amide bonds. The third kappa shape index (κ3) is 8.05. The molecule has 0 aliphatic rings. The van der Waals surface area contributed by atoms with Crippen LogP contribution in [0.15, 0.2) is 194 Å². The van der Waals surface area contributed by atoms with Gasteiger partial charge in [-0.3, -0.25) is 16.3 Å². The number of aryl methyl sites for hydroxylation is 1. The summed E-state index contributed by atoms with van der Waals surface area (Å²) in [6.07, 6.45) is 2.70. The van der Waals surface area contributed by atoms with Gasteiger partial charge >= 0.3 is 0 Å². The second-order valence-corrected chi connectivity index (χ2v) is 14.6. The molecule has 277 valence electrons. The van der Waals surface area contributed by atoms with Crippen molar-refractivity contribution in [1.82, 2.24) is 14.5 Å². The minimum absolute atomic E-state index is 0. The van der Waals surface area contributed by atoms with Crippen molar-refractivity contribution in [1.29, 1.82) is 0 Å². The molecule has 5 heteroatoms. The van der Waals surface area contributed by atoms with Crippen LogP contribution in [0.5, 0.6) is 0 Å². The normalized spacial score (nSPS) is 10.8. The number of rotatable bonds is 7. The summed E-state index contributed by atoms with van der Waals surface area (Å²) in [5, 5.41) is 4.86. The average Bonchev–Trinajstić information content (AvgIpc) is 3.86. The summed E-state index contributed by atoms with van der Waals surface area (Å²) in [6.45, 7) is 2.18. The fraction of sp³-hybridized carbons (Fsp3) is 0.0385. The summed E-state index contributed by atoms with van der Waals surface area (Å²) in [5.74, 6) is 0.909. The zero-order valence-electron chi connectivity index (χ0n) is 31.3. The van der Waals surface area contributed by atoms with E-state index in [0.717, 1.165) is 45.8 Å². The number of hydrogen-bond acceptors (Lipinski definition) is 3. The Labute approximate surface area is 351 Å². The van der Waals surface area contributed by atoms with Gasteiger partial charge in [-0.05, 0) is 71.6 Å². The predicted octanol–water partition coefficient (Wildman–Crippen LogP) is 13.5. The van der Waals surface area contributed by atoms with Gasteiger partial charge in [0.2, 0.25) is 0 Å². The molecule has 3 aromatic heterocycles. The first-order chi connectivity index (χ1) is 27.7. The fourth-order valence-electron chi connectivity index (χ4n) is 7.32. The summed E-state index contributed by atoms with van der Waals surface area (Å²) in [4.78, 5) is 9.52. The van der Waals surface area contributed by atoms with Crippen molar-refractivity contribution in [2.75, 3.05) is 0 Å². The Balaban J connectivity index is 0.000000300. The predicted molar refractivity (Wildman–Crippen MR) is 234 cm³/mol. The third-order valence-electron chi connectivity index (χ3n) is 9.91. The van der Waals surface area contributed by atoms with Crippen molar-refractivity contribution in [2.45, 2.75) is 13.3 Å². The number of para-hydroxylation sites is 2. The number of aromatic nitrogens is 3. The molecule has 0 atom stereocenters. The zero-order chi connectivity index (χ0) is 37.7. The first-order valence-corrected chi connectivity index (χ1v) is 19.6. The molecule has 0 bridgehead atoms. The number of thiophene rings is 1. The summed E-state index contributed by atoms with van der Waals surface area (Å²) in [7, 11) is 0. The number of pyridine rings is 1. The molecule has 0 saturated carbocycles. The number of imidazole rings is 1. The minimum Gasteiger partial charge on any atom is -0.332 e. The Hall–Kier alpha value is -6.23. The van der Waals surface area contributed by atoms with Crippen molar-refractivity contribution in [3.63, 3.8) is 0 Å². The second kappa shape index (κ2) is 17.3. The third-order valence-corrected chi connectivity index (χ3v) is 10.8. The minimum atomic E-state index is 0. The van der Waals surface area contributed by atoms with Gasteiger partial charge in [-0.15, -0.1) is 47.3 Å². The van der Waals surface area contributed by atoms with Crippen LogP contribution in [-0.4, -0.2) is 14.5 Å². The van der Waals surface area contributed by atoms with Gasteiger partial charge in [0.15, 0.2) is 0 Å². The second-order valence-electron chi connectivity index (χ2n) is 13.8. The largest absolute Gasteiger partial charge is 0.332 e. The first-order valence-electron chi connectivity index (χ1n) is 18.8. The maximum absolute atomic E-state index is 5.30. The van der Waals surface area contributed by atoms with Crippen molar-refractivity contribution in [3.8, 4) is 50.6 Å². The average molecular weight is 928 g/mol. The van der Waals surface area contributed by atoms with Gasteiger partial charge in [0.1, 0.15) is 0 Å². The smallest absolute Gasteiger partial charge is 0.0774 e. The standard InChI is InChI=1S/C41H29N2S.C11H8N.Ir/c1-28-23-34(31-15-7-3-8-16-31)40(35(24-28)32-17-9-4-10-18-32)43-38-20-12-11-19-37(38)42-41(43)36-27-44-39-26-30(21-22-33(36)39)25-29-13-5-2-6-14-29;1-2-6-10(7-3-1)11-8-4-5-9-12-11;/h2-24,26H,25H2,1H3;1-6,8-9H;/q2*-1;. The molecule has 3 heterocycles. The van der Waals surface area contributed by atoms with Gasteiger partial charge < -0.3 is 9.55 Å². The molecule has 10 aromatic rings. The van der Waals surface area contributed by atoms with Crippen molar-refractivity contribution in [3.05, 3.63) is 222 Å². The summed E-state index contributed by atoms with van der Waals surface area (Å²) in [6, 6.07) is 68.8. The van der Waals surface area contributed by atoms with E-state index in [1.54, 1.807) is 17.5 Å². The number of fused-ring (bicyclic) bond motifs is 2. The van der Waals surface area contributed by atoms with E-state index in [1.807, 2.05) is 42.5 Å². The van der Waals surface area contributed by atoms with Crippen molar-refractivity contribution in [2.24, 2.45) is 0 Å². The van der Waals surface area contributed by atoms with E-state index in [-0.39, 0.29) is 20.1 Å². The Bertz CT molecular complexity index is 2770. The van der Waals surface area contributed by atoms with Crippen LogP contribution < -0.4 is 0 Å². The number of benzene rings is 7. The van der Waals surface area contributed by atoms with Gasteiger partial charge in [0.05, 0.1) is 22.5 Å². The van der Waals surface area contributed by atoms with Crippen LogP contribution in [0.1, 0.15) is 16.7 Å². The van der Waals surface area contributed by atoms with Gasteiger partial charge in [0, 0.05) is 37.4 Å². The summed E-state index contributed by atoms with van der Waals surface area (Å²) >= 11 is 1.67. The van der Waals surface area contributed by atoms with Crippen LogP contribution in [-0.2, 0) is 26.5 Å². The van der Waals surface area contributed by atoms with Crippen LogP contribution in [0.3, 0.4) is 0 Å². The molecule has 10 rings (SSSR count). The van der Waals surface area contributed by atoms with Gasteiger partial charge in [-0.2, -0.15) is 0 Å². The molecule has 0 saturated heterocycles. The molecule has 0 spiro atoms. The van der Waals surface area contributed by atoms with E-state index < -0.39 is 0 Å². The van der Waals surface area contributed by atoms with E-state index in [2.05, 4.69) is 174 Å². The van der Waals surface area contributed by atoms with Gasteiger partial charge in [-0.1, -0.05) is 149 Å². The molecular formula is C52H37IrN3S-2. The van der Waals surface area contributed by atoms with E-state index in [4.69, 9.17) is 4.98 Å². The molecule has 0 fully saturated rings. The van der Waals surface area contributed by atoms with Gasteiger partial charge in [0.25, 0.3) is 0 Å². The molecule has 57 heavy (non-hydrogen) atoms. The molecule has 1 radical (unpaired) electrons. The Morgan fingerprint density at radius 3 is 1.93 bits per heavy atom. The molecular weight excluding hydrogens is 891 g/mol. The fourth-order valence-corrected chi connectivity index (χ4v) is 8.22. The molecule has 7 aromatic carbocycles. The molecule has 0 N–H and O–H groups in total. The summed E-state index contributed by atoms with van der Waals surface area (Å²) < 4.78 is 3.59. The topological polar surface area (TPSA) is 30.7 Å². The molecule has 3 nitrogen and oxygen atoms in total. The van der Waals surface area contributed by atoms with Crippen molar-refractivity contribution >= 4 is 32.5 Å². The number of hydrogen-bond donors (Lipinski definition) is 0. The van der Waals surface area contributed by atoms with Crippen LogP contribution in [0.2, 0.25) is 0 Å². The maximum atomic E-state index is 5.30. The molecule has 0 unspecified atom stereocenters. The Kier molecular flexibility index (Phi) is 11.4. The monoisotopic (exact) mass is 928 g/mol. The zero-order valence-corrected chi connectivity index (χ0v) is 34.5. The summed E-state index contributed by atoms with van der Waals surface area (Å²) in [5.41, 5.74) is 14.8. The van der Waals surface area contributed by atoms with Crippen LogP contribution >= 0.6 is 11.3 Å². The van der Waals surface area contributed by atoms with Crippen molar-refractivity contribution < 1.29 is 20.1 Å². The van der Waals surface area contributed by atoms with Crippen LogP contribution in [0.25, 0.3) is 71.7 Å².